The van der Waals surface area contributed by atoms with Crippen LogP contribution < -0.4 is 15.4 Å². The molecule has 0 bridgehead atoms. The van der Waals surface area contributed by atoms with Crippen LogP contribution in [0.15, 0.2) is 18.2 Å². The van der Waals surface area contributed by atoms with E-state index in [4.69, 9.17) is 4.74 Å². The van der Waals surface area contributed by atoms with Crippen LogP contribution in [0.1, 0.15) is 17.5 Å². The van der Waals surface area contributed by atoms with Crippen LogP contribution in [0, 0.1) is 12.8 Å². The first-order chi connectivity index (χ1) is 9.20. The first-order valence-corrected chi connectivity index (χ1v) is 6.82. The van der Waals surface area contributed by atoms with Gasteiger partial charge in [0.25, 0.3) is 0 Å². The van der Waals surface area contributed by atoms with Crippen LogP contribution in [0.5, 0.6) is 5.75 Å². The third kappa shape index (κ3) is 4.39. The first-order valence-electron chi connectivity index (χ1n) is 6.82. The summed E-state index contributed by atoms with van der Waals surface area (Å²) in [6, 6.07) is 6.18. The number of hydrogen-bond donors (Lipinski definition) is 2. The van der Waals surface area contributed by atoms with Gasteiger partial charge in [0.05, 0.1) is 13.0 Å². The van der Waals surface area contributed by atoms with Crippen LogP contribution in [-0.4, -0.2) is 32.7 Å². The Balaban J connectivity index is 0.00000200. The summed E-state index contributed by atoms with van der Waals surface area (Å²) in [4.78, 5) is 11.8. The van der Waals surface area contributed by atoms with Crippen molar-refractivity contribution in [2.75, 3.05) is 26.7 Å². The Hall–Kier alpha value is -1.26. The Kier molecular flexibility index (Phi) is 6.82. The maximum Gasteiger partial charge on any atom is 0.224 e. The summed E-state index contributed by atoms with van der Waals surface area (Å²) < 4.78 is 5.30. The topological polar surface area (TPSA) is 50.4 Å². The lowest BCUT2D eigenvalue weighted by Gasteiger charge is -2.11. The average Bonchev–Trinajstić information content (AvgIpc) is 2.94. The zero-order chi connectivity index (χ0) is 13.7. The molecule has 1 aromatic rings. The number of rotatable bonds is 5. The van der Waals surface area contributed by atoms with Crippen molar-refractivity contribution in [3.8, 4) is 5.75 Å². The molecule has 5 heteroatoms. The molecule has 1 heterocycles. The molecule has 0 aliphatic carbocycles. The van der Waals surface area contributed by atoms with Crippen LogP contribution in [-0.2, 0) is 11.2 Å². The van der Waals surface area contributed by atoms with E-state index < -0.39 is 0 Å². The lowest BCUT2D eigenvalue weighted by atomic mass is 10.1. The smallest absolute Gasteiger partial charge is 0.224 e. The number of carbonyl (C=O) groups is 1. The van der Waals surface area contributed by atoms with Crippen molar-refractivity contribution in [3.05, 3.63) is 29.3 Å². The number of aryl methyl sites for hydroxylation is 1. The van der Waals surface area contributed by atoms with Crippen LogP contribution >= 0.6 is 12.4 Å². The highest BCUT2D eigenvalue weighted by molar-refractivity contribution is 5.85. The molecule has 1 amide bonds. The van der Waals surface area contributed by atoms with E-state index in [9.17, 15) is 4.79 Å². The molecule has 0 saturated carbocycles. The van der Waals surface area contributed by atoms with Gasteiger partial charge in [0, 0.05) is 13.1 Å². The monoisotopic (exact) mass is 298 g/mol. The summed E-state index contributed by atoms with van der Waals surface area (Å²) in [5.74, 6) is 1.22. The van der Waals surface area contributed by atoms with E-state index in [2.05, 4.69) is 22.8 Å². The molecule has 0 aromatic heterocycles. The molecule has 1 saturated heterocycles. The Morgan fingerprint density at radius 3 is 2.95 bits per heavy atom. The molecule has 0 radical (unpaired) electrons. The second-order valence-corrected chi connectivity index (χ2v) is 5.03. The molecule has 1 aliphatic heterocycles. The van der Waals surface area contributed by atoms with Gasteiger partial charge in [-0.2, -0.15) is 0 Å². The van der Waals surface area contributed by atoms with E-state index >= 15 is 0 Å². The fraction of sp³-hybridized carbons (Fsp3) is 0.533. The van der Waals surface area contributed by atoms with E-state index in [1.165, 1.54) is 5.56 Å². The molecule has 1 fully saturated rings. The number of ether oxygens (including phenoxy) is 1. The molecule has 1 aromatic carbocycles. The van der Waals surface area contributed by atoms with E-state index in [-0.39, 0.29) is 24.2 Å². The van der Waals surface area contributed by atoms with Gasteiger partial charge in [0.15, 0.2) is 0 Å². The SMILES string of the molecule is COc1cc(CCNC(=O)C2CCNC2)ccc1C.Cl. The van der Waals surface area contributed by atoms with Gasteiger partial charge in [0.1, 0.15) is 5.75 Å². The van der Waals surface area contributed by atoms with Crippen molar-refractivity contribution in [1.82, 2.24) is 10.6 Å². The molecular formula is C15H23ClN2O2. The standard InChI is InChI=1S/C15H22N2O2.ClH/c1-11-3-4-12(9-14(11)19-2)5-8-17-15(18)13-6-7-16-10-13;/h3-4,9,13,16H,5-8,10H2,1-2H3,(H,17,18);1H. The van der Waals surface area contributed by atoms with E-state index in [1.807, 2.05) is 13.0 Å². The van der Waals surface area contributed by atoms with Gasteiger partial charge in [-0.05, 0) is 43.5 Å². The maximum atomic E-state index is 11.8. The summed E-state index contributed by atoms with van der Waals surface area (Å²) in [6.45, 7) is 4.47. The minimum atomic E-state index is 0. The summed E-state index contributed by atoms with van der Waals surface area (Å²) in [5.41, 5.74) is 2.32. The lowest BCUT2D eigenvalue weighted by molar-refractivity contribution is -0.124. The van der Waals surface area contributed by atoms with Gasteiger partial charge in [-0.3, -0.25) is 4.79 Å². The molecular weight excluding hydrogens is 276 g/mol. The summed E-state index contributed by atoms with van der Waals surface area (Å²) in [5, 5.41) is 6.21. The van der Waals surface area contributed by atoms with Crippen LogP contribution in [0.4, 0.5) is 0 Å². The van der Waals surface area contributed by atoms with Crippen LogP contribution in [0.2, 0.25) is 0 Å². The van der Waals surface area contributed by atoms with Crippen molar-refractivity contribution >= 4 is 18.3 Å². The van der Waals surface area contributed by atoms with Gasteiger partial charge in [-0.25, -0.2) is 0 Å². The minimum absolute atomic E-state index is 0. The molecule has 2 rings (SSSR count). The van der Waals surface area contributed by atoms with Crippen molar-refractivity contribution in [2.45, 2.75) is 19.8 Å². The molecule has 112 valence electrons. The fourth-order valence-corrected chi connectivity index (χ4v) is 2.37. The summed E-state index contributed by atoms with van der Waals surface area (Å²) in [7, 11) is 1.68. The van der Waals surface area contributed by atoms with Gasteiger partial charge in [0.2, 0.25) is 5.91 Å². The highest BCUT2D eigenvalue weighted by Crippen LogP contribution is 2.19. The van der Waals surface area contributed by atoms with Gasteiger partial charge < -0.3 is 15.4 Å². The lowest BCUT2D eigenvalue weighted by Crippen LogP contribution is -2.33. The quantitative estimate of drug-likeness (QED) is 0.870. The molecule has 20 heavy (non-hydrogen) atoms. The van der Waals surface area contributed by atoms with Gasteiger partial charge in [-0.1, -0.05) is 12.1 Å². The van der Waals surface area contributed by atoms with Crippen molar-refractivity contribution in [2.24, 2.45) is 5.92 Å². The summed E-state index contributed by atoms with van der Waals surface area (Å²) >= 11 is 0. The van der Waals surface area contributed by atoms with E-state index in [0.717, 1.165) is 37.2 Å². The predicted octanol–water partition coefficient (Wildman–Crippen LogP) is 1.69. The largest absolute Gasteiger partial charge is 0.496 e. The number of amides is 1. The van der Waals surface area contributed by atoms with Crippen LogP contribution in [0.3, 0.4) is 0 Å². The number of halogens is 1. The normalized spacial score (nSPS) is 17.4. The highest BCUT2D eigenvalue weighted by Gasteiger charge is 2.21. The minimum Gasteiger partial charge on any atom is -0.496 e. The molecule has 1 aliphatic rings. The number of benzene rings is 1. The Bertz CT molecular complexity index is 445. The van der Waals surface area contributed by atoms with Gasteiger partial charge >= 0.3 is 0 Å². The van der Waals surface area contributed by atoms with Crippen molar-refractivity contribution in [3.63, 3.8) is 0 Å². The zero-order valence-electron chi connectivity index (χ0n) is 12.1. The molecule has 1 atom stereocenters. The van der Waals surface area contributed by atoms with Crippen molar-refractivity contribution in [1.29, 1.82) is 0 Å². The molecule has 4 nitrogen and oxygen atoms in total. The Morgan fingerprint density at radius 2 is 2.30 bits per heavy atom. The number of methoxy groups -OCH3 is 1. The Morgan fingerprint density at radius 1 is 1.50 bits per heavy atom. The van der Waals surface area contributed by atoms with E-state index in [1.54, 1.807) is 7.11 Å². The van der Waals surface area contributed by atoms with E-state index in [0.29, 0.717) is 6.54 Å². The van der Waals surface area contributed by atoms with Crippen LogP contribution in [0.25, 0.3) is 0 Å². The molecule has 2 N–H and O–H groups in total. The number of nitrogens with one attached hydrogen (secondary N) is 2. The number of carbonyl (C=O) groups excluding carboxylic acids is 1. The third-order valence-corrected chi connectivity index (χ3v) is 3.62. The number of hydrogen-bond acceptors (Lipinski definition) is 3. The Labute approximate surface area is 126 Å². The second-order valence-electron chi connectivity index (χ2n) is 5.03. The third-order valence-electron chi connectivity index (χ3n) is 3.62. The maximum absolute atomic E-state index is 11.8. The fourth-order valence-electron chi connectivity index (χ4n) is 2.37. The second kappa shape index (κ2) is 8.12. The molecule has 0 spiro atoms. The average molecular weight is 299 g/mol. The highest BCUT2D eigenvalue weighted by atomic mass is 35.5. The summed E-state index contributed by atoms with van der Waals surface area (Å²) in [6.07, 6.45) is 1.78. The first kappa shape index (κ1) is 16.8. The van der Waals surface area contributed by atoms with Crippen molar-refractivity contribution < 1.29 is 9.53 Å². The zero-order valence-corrected chi connectivity index (χ0v) is 12.9. The predicted molar refractivity (Wildman–Crippen MR) is 82.7 cm³/mol. The molecule has 1 unspecified atom stereocenters. The van der Waals surface area contributed by atoms with Gasteiger partial charge in [-0.15, -0.1) is 12.4 Å².